The fourth-order valence-electron chi connectivity index (χ4n) is 4.24. The summed E-state index contributed by atoms with van der Waals surface area (Å²) in [6.45, 7) is 9.50. The van der Waals surface area contributed by atoms with E-state index in [-0.39, 0.29) is 23.6 Å². The molecule has 3 aromatic rings. The SMILES string of the molecule is CCn1c(SCC(=O)Nc2ccc(C)c(C)c2)nnc1C1CCCN1C(=O)c1ccc(C)cc1. The van der Waals surface area contributed by atoms with E-state index in [2.05, 4.69) is 15.5 Å². The van der Waals surface area contributed by atoms with Crippen molar-refractivity contribution in [1.29, 1.82) is 0 Å². The number of rotatable bonds is 7. The number of aryl methyl sites for hydroxylation is 3. The van der Waals surface area contributed by atoms with E-state index >= 15 is 0 Å². The summed E-state index contributed by atoms with van der Waals surface area (Å²) in [5, 5.41) is 12.5. The number of thioether (sulfide) groups is 1. The molecule has 0 bridgehead atoms. The van der Waals surface area contributed by atoms with Gasteiger partial charge in [-0.1, -0.05) is 35.5 Å². The van der Waals surface area contributed by atoms with E-state index in [1.54, 1.807) is 0 Å². The van der Waals surface area contributed by atoms with Crippen LogP contribution < -0.4 is 5.32 Å². The van der Waals surface area contributed by atoms with Crippen molar-refractivity contribution in [3.05, 3.63) is 70.5 Å². The molecule has 2 aromatic carbocycles. The minimum Gasteiger partial charge on any atom is -0.328 e. The fourth-order valence-corrected chi connectivity index (χ4v) is 5.05. The highest BCUT2D eigenvalue weighted by atomic mass is 32.2. The van der Waals surface area contributed by atoms with Crippen LogP contribution in [0.25, 0.3) is 0 Å². The van der Waals surface area contributed by atoms with Gasteiger partial charge in [-0.3, -0.25) is 9.59 Å². The van der Waals surface area contributed by atoms with Crippen molar-refractivity contribution in [3.63, 3.8) is 0 Å². The molecule has 1 saturated heterocycles. The van der Waals surface area contributed by atoms with Crippen LogP contribution in [0.5, 0.6) is 0 Å². The first kappa shape index (κ1) is 24.0. The van der Waals surface area contributed by atoms with Crippen molar-refractivity contribution >= 4 is 29.3 Å². The molecule has 1 aliphatic rings. The highest BCUT2D eigenvalue weighted by Gasteiger charge is 2.34. The third-order valence-corrected chi connectivity index (χ3v) is 7.26. The van der Waals surface area contributed by atoms with Gasteiger partial charge in [0, 0.05) is 24.3 Å². The van der Waals surface area contributed by atoms with E-state index in [1.807, 2.05) is 79.6 Å². The monoisotopic (exact) mass is 477 g/mol. The number of hydrogen-bond acceptors (Lipinski definition) is 5. The van der Waals surface area contributed by atoms with E-state index in [4.69, 9.17) is 0 Å². The van der Waals surface area contributed by atoms with Crippen LogP contribution in [-0.4, -0.2) is 43.8 Å². The van der Waals surface area contributed by atoms with Crippen molar-refractivity contribution in [2.45, 2.75) is 58.3 Å². The average molecular weight is 478 g/mol. The van der Waals surface area contributed by atoms with Gasteiger partial charge in [0.25, 0.3) is 5.91 Å². The van der Waals surface area contributed by atoms with Crippen molar-refractivity contribution in [1.82, 2.24) is 19.7 Å². The quantitative estimate of drug-likeness (QED) is 0.488. The van der Waals surface area contributed by atoms with Gasteiger partial charge in [-0.2, -0.15) is 0 Å². The van der Waals surface area contributed by atoms with Crippen LogP contribution in [0.2, 0.25) is 0 Å². The lowest BCUT2D eigenvalue weighted by atomic mass is 10.1. The standard InChI is InChI=1S/C26H31N5O2S/c1-5-30-24(22-7-6-14-31(22)25(33)20-11-8-17(2)9-12-20)28-29-26(30)34-16-23(32)27-21-13-10-18(3)19(4)15-21/h8-13,15,22H,5-7,14,16H2,1-4H3,(H,27,32). The summed E-state index contributed by atoms with van der Waals surface area (Å²) in [5.41, 5.74) is 4.95. The van der Waals surface area contributed by atoms with Gasteiger partial charge in [-0.05, 0) is 75.9 Å². The molecule has 1 atom stereocenters. The number of benzene rings is 2. The maximum atomic E-state index is 13.2. The van der Waals surface area contributed by atoms with Gasteiger partial charge in [-0.15, -0.1) is 10.2 Å². The molecular weight excluding hydrogens is 446 g/mol. The first-order valence-electron chi connectivity index (χ1n) is 11.7. The van der Waals surface area contributed by atoms with Crippen molar-refractivity contribution in [2.24, 2.45) is 0 Å². The van der Waals surface area contributed by atoms with E-state index < -0.39 is 0 Å². The third kappa shape index (κ3) is 5.17. The number of nitrogens with zero attached hydrogens (tertiary/aromatic N) is 4. The Hall–Kier alpha value is -3.13. The number of carbonyl (C=O) groups excluding carboxylic acids is 2. The summed E-state index contributed by atoms with van der Waals surface area (Å²) in [6, 6.07) is 13.5. The molecule has 1 unspecified atom stereocenters. The van der Waals surface area contributed by atoms with Crippen LogP contribution >= 0.6 is 11.8 Å². The number of carbonyl (C=O) groups is 2. The molecule has 1 aliphatic heterocycles. The van der Waals surface area contributed by atoms with Crippen LogP contribution in [0.1, 0.15) is 58.7 Å². The molecule has 34 heavy (non-hydrogen) atoms. The summed E-state index contributed by atoms with van der Waals surface area (Å²) in [6.07, 6.45) is 1.79. The van der Waals surface area contributed by atoms with Crippen LogP contribution in [-0.2, 0) is 11.3 Å². The number of anilines is 1. The molecule has 2 heterocycles. The van der Waals surface area contributed by atoms with Crippen molar-refractivity contribution < 1.29 is 9.59 Å². The first-order chi connectivity index (χ1) is 16.4. The number of hydrogen-bond donors (Lipinski definition) is 1. The minimum absolute atomic E-state index is 0.0233. The van der Waals surface area contributed by atoms with Gasteiger partial charge in [0.15, 0.2) is 11.0 Å². The number of amides is 2. The number of likely N-dealkylation sites (tertiary alicyclic amines) is 1. The summed E-state index contributed by atoms with van der Waals surface area (Å²) in [4.78, 5) is 27.6. The molecule has 178 valence electrons. The molecule has 1 fully saturated rings. The van der Waals surface area contributed by atoms with Crippen LogP contribution in [0, 0.1) is 20.8 Å². The Labute approximate surface area is 205 Å². The minimum atomic E-state index is -0.111. The lowest BCUT2D eigenvalue weighted by Gasteiger charge is -2.24. The summed E-state index contributed by atoms with van der Waals surface area (Å²) in [7, 11) is 0. The molecule has 7 nitrogen and oxygen atoms in total. The largest absolute Gasteiger partial charge is 0.328 e. The predicted molar refractivity (Wildman–Crippen MR) is 135 cm³/mol. The van der Waals surface area contributed by atoms with Crippen LogP contribution in [0.4, 0.5) is 5.69 Å². The summed E-state index contributed by atoms with van der Waals surface area (Å²) < 4.78 is 2.03. The Morgan fingerprint density at radius 3 is 2.53 bits per heavy atom. The second-order valence-corrected chi connectivity index (χ2v) is 9.69. The molecule has 0 radical (unpaired) electrons. The maximum absolute atomic E-state index is 13.2. The van der Waals surface area contributed by atoms with Gasteiger partial charge in [0.05, 0.1) is 11.8 Å². The van der Waals surface area contributed by atoms with E-state index in [1.165, 1.54) is 17.3 Å². The average Bonchev–Trinajstić information content (AvgIpc) is 3.46. The van der Waals surface area contributed by atoms with Crippen LogP contribution in [0.3, 0.4) is 0 Å². The van der Waals surface area contributed by atoms with Gasteiger partial charge in [0.2, 0.25) is 5.91 Å². The second-order valence-electron chi connectivity index (χ2n) is 8.74. The van der Waals surface area contributed by atoms with E-state index in [0.717, 1.165) is 35.5 Å². The normalized spacial score (nSPS) is 15.5. The molecule has 8 heteroatoms. The smallest absolute Gasteiger partial charge is 0.254 e. The highest BCUT2D eigenvalue weighted by molar-refractivity contribution is 7.99. The molecular formula is C26H31N5O2S. The molecule has 1 aromatic heterocycles. The molecule has 1 N–H and O–H groups in total. The van der Waals surface area contributed by atoms with Gasteiger partial charge in [-0.25, -0.2) is 0 Å². The zero-order chi connectivity index (χ0) is 24.2. The summed E-state index contributed by atoms with van der Waals surface area (Å²) in [5.74, 6) is 0.965. The lowest BCUT2D eigenvalue weighted by Crippen LogP contribution is -2.32. The van der Waals surface area contributed by atoms with Gasteiger partial charge >= 0.3 is 0 Å². The zero-order valence-electron chi connectivity index (χ0n) is 20.2. The Morgan fingerprint density at radius 1 is 1.06 bits per heavy atom. The Morgan fingerprint density at radius 2 is 1.82 bits per heavy atom. The van der Waals surface area contributed by atoms with Gasteiger partial charge < -0.3 is 14.8 Å². The number of aromatic nitrogens is 3. The Balaban J connectivity index is 1.45. The summed E-state index contributed by atoms with van der Waals surface area (Å²) >= 11 is 1.37. The zero-order valence-corrected chi connectivity index (χ0v) is 21.0. The fraction of sp³-hybridized carbons (Fsp3) is 0.385. The lowest BCUT2D eigenvalue weighted by molar-refractivity contribution is -0.113. The first-order valence-corrected chi connectivity index (χ1v) is 12.7. The van der Waals surface area contributed by atoms with Crippen molar-refractivity contribution in [3.8, 4) is 0 Å². The highest BCUT2D eigenvalue weighted by Crippen LogP contribution is 2.34. The third-order valence-electron chi connectivity index (χ3n) is 6.29. The topological polar surface area (TPSA) is 80.1 Å². The Kier molecular flexibility index (Phi) is 7.36. The second kappa shape index (κ2) is 10.4. The molecule has 0 spiro atoms. The molecule has 2 amide bonds. The maximum Gasteiger partial charge on any atom is 0.254 e. The van der Waals surface area contributed by atoms with Crippen molar-refractivity contribution in [2.75, 3.05) is 17.6 Å². The molecule has 0 saturated carbocycles. The van der Waals surface area contributed by atoms with Gasteiger partial charge in [0.1, 0.15) is 0 Å². The molecule has 4 rings (SSSR count). The number of nitrogens with one attached hydrogen (secondary N) is 1. The predicted octanol–water partition coefficient (Wildman–Crippen LogP) is 4.93. The Bertz CT molecular complexity index is 1190. The van der Waals surface area contributed by atoms with Crippen LogP contribution in [0.15, 0.2) is 47.6 Å². The molecule has 0 aliphatic carbocycles. The van der Waals surface area contributed by atoms with E-state index in [0.29, 0.717) is 23.8 Å². The van der Waals surface area contributed by atoms with E-state index in [9.17, 15) is 9.59 Å².